The van der Waals surface area contributed by atoms with E-state index < -0.39 is 10.0 Å². The van der Waals surface area contributed by atoms with Crippen molar-refractivity contribution in [2.75, 3.05) is 26.2 Å². The molecule has 6 nitrogen and oxygen atoms in total. The van der Waals surface area contributed by atoms with Gasteiger partial charge in [0.15, 0.2) is 5.96 Å². The fourth-order valence-corrected chi connectivity index (χ4v) is 5.52. The van der Waals surface area contributed by atoms with Crippen LogP contribution in [0.25, 0.3) is 0 Å². The van der Waals surface area contributed by atoms with Crippen LogP contribution in [0.4, 0.5) is 0 Å². The molecule has 166 valence electrons. The highest BCUT2D eigenvalue weighted by atomic mass is 127. The summed E-state index contributed by atoms with van der Waals surface area (Å²) in [5.41, 5.74) is 0.984. The van der Waals surface area contributed by atoms with E-state index in [0.717, 1.165) is 50.3 Å². The van der Waals surface area contributed by atoms with Gasteiger partial charge in [0.1, 0.15) is 0 Å². The topological polar surface area (TPSA) is 73.8 Å². The highest BCUT2D eigenvalue weighted by Gasteiger charge is 2.25. The van der Waals surface area contributed by atoms with Crippen molar-refractivity contribution in [3.05, 3.63) is 52.2 Å². The van der Waals surface area contributed by atoms with Crippen LogP contribution in [0, 0.1) is 0 Å². The first kappa shape index (κ1) is 25.1. The van der Waals surface area contributed by atoms with Crippen LogP contribution >= 0.6 is 35.3 Å². The summed E-state index contributed by atoms with van der Waals surface area (Å²) in [7, 11) is -3.38. The third-order valence-electron chi connectivity index (χ3n) is 4.88. The quantitative estimate of drug-likeness (QED) is 0.292. The lowest BCUT2D eigenvalue weighted by molar-refractivity contribution is 0.346. The molecule has 0 unspecified atom stereocenters. The van der Waals surface area contributed by atoms with E-state index in [1.807, 2.05) is 19.1 Å². The molecule has 2 N–H and O–H groups in total. The van der Waals surface area contributed by atoms with E-state index in [1.165, 1.54) is 4.88 Å². The Morgan fingerprint density at radius 2 is 1.83 bits per heavy atom. The number of hydrogen-bond acceptors (Lipinski definition) is 4. The second-order valence-corrected chi connectivity index (χ2v) is 10.0. The standard InChI is InChI=1S/C21H30N4O2S2.HI/c1-2-22-21(23-13-12-19-7-6-16-28-19)24-17-18-8-10-20(11-9-18)29(26,27)25-14-4-3-5-15-25;/h6-11,16H,2-5,12-15,17H2,1H3,(H2,22,23,24);1H. The predicted molar refractivity (Wildman–Crippen MR) is 135 cm³/mol. The summed E-state index contributed by atoms with van der Waals surface area (Å²) >= 11 is 1.76. The fourth-order valence-electron chi connectivity index (χ4n) is 3.29. The van der Waals surface area contributed by atoms with E-state index in [1.54, 1.807) is 27.8 Å². The molecule has 0 bridgehead atoms. The number of aliphatic imine (C=N–C) groups is 1. The Labute approximate surface area is 201 Å². The van der Waals surface area contributed by atoms with E-state index in [0.29, 0.717) is 24.5 Å². The van der Waals surface area contributed by atoms with E-state index >= 15 is 0 Å². The molecular formula is C21H31IN4O2S2. The predicted octanol–water partition coefficient (Wildman–Crippen LogP) is 3.84. The Balaban J connectivity index is 0.00000320. The number of nitrogens with one attached hydrogen (secondary N) is 2. The third-order valence-corrected chi connectivity index (χ3v) is 7.73. The Bertz CT molecular complexity index is 878. The molecule has 0 aliphatic carbocycles. The van der Waals surface area contributed by atoms with Crippen molar-refractivity contribution in [1.82, 2.24) is 14.9 Å². The number of sulfonamides is 1. The second kappa shape index (κ2) is 12.6. The lowest BCUT2D eigenvalue weighted by Crippen LogP contribution is -2.38. The first-order valence-corrected chi connectivity index (χ1v) is 12.5. The van der Waals surface area contributed by atoms with E-state index in [2.05, 4.69) is 33.1 Å². The number of piperidine rings is 1. The molecule has 0 amide bonds. The van der Waals surface area contributed by atoms with Crippen molar-refractivity contribution in [2.45, 2.75) is 44.0 Å². The zero-order chi connectivity index (χ0) is 20.5. The maximum atomic E-state index is 12.7. The molecule has 0 saturated carbocycles. The van der Waals surface area contributed by atoms with Crippen LogP contribution in [0.2, 0.25) is 0 Å². The monoisotopic (exact) mass is 562 g/mol. The average Bonchev–Trinajstić information content (AvgIpc) is 3.26. The Kier molecular flexibility index (Phi) is 10.6. The zero-order valence-corrected chi connectivity index (χ0v) is 21.3. The van der Waals surface area contributed by atoms with Gasteiger partial charge in [-0.2, -0.15) is 4.31 Å². The molecule has 9 heteroatoms. The molecule has 0 spiro atoms. The normalized spacial score (nSPS) is 15.4. The molecular weight excluding hydrogens is 531 g/mol. The van der Waals surface area contributed by atoms with Gasteiger partial charge in [0.2, 0.25) is 10.0 Å². The summed E-state index contributed by atoms with van der Waals surface area (Å²) in [6.45, 7) is 5.39. The molecule has 1 aromatic carbocycles. The van der Waals surface area contributed by atoms with Gasteiger partial charge in [-0.25, -0.2) is 13.4 Å². The third kappa shape index (κ3) is 7.21. The van der Waals surface area contributed by atoms with E-state index in [4.69, 9.17) is 0 Å². The van der Waals surface area contributed by atoms with Crippen LogP contribution in [-0.2, 0) is 23.0 Å². The van der Waals surface area contributed by atoms with Crippen molar-refractivity contribution in [1.29, 1.82) is 0 Å². The fraction of sp³-hybridized carbons (Fsp3) is 0.476. The summed E-state index contributed by atoms with van der Waals surface area (Å²) in [4.78, 5) is 6.34. The van der Waals surface area contributed by atoms with Crippen molar-refractivity contribution in [2.24, 2.45) is 4.99 Å². The van der Waals surface area contributed by atoms with Crippen LogP contribution in [0.3, 0.4) is 0 Å². The lowest BCUT2D eigenvalue weighted by Gasteiger charge is -2.25. The summed E-state index contributed by atoms with van der Waals surface area (Å²) in [5, 5.41) is 8.69. The number of guanidine groups is 1. The van der Waals surface area contributed by atoms with Crippen LogP contribution in [-0.4, -0.2) is 44.9 Å². The van der Waals surface area contributed by atoms with Gasteiger partial charge in [0.25, 0.3) is 0 Å². The van der Waals surface area contributed by atoms with Crippen molar-refractivity contribution >= 4 is 51.3 Å². The minimum atomic E-state index is -3.38. The van der Waals surface area contributed by atoms with Crippen molar-refractivity contribution in [3.63, 3.8) is 0 Å². The van der Waals surface area contributed by atoms with Gasteiger partial charge >= 0.3 is 0 Å². The smallest absolute Gasteiger partial charge is 0.243 e. The van der Waals surface area contributed by atoms with Gasteiger partial charge in [0.05, 0.1) is 11.4 Å². The minimum absolute atomic E-state index is 0. The summed E-state index contributed by atoms with van der Waals surface area (Å²) < 4.78 is 27.1. The van der Waals surface area contributed by atoms with Crippen LogP contribution < -0.4 is 10.6 Å². The number of benzene rings is 1. The molecule has 2 aromatic rings. The summed E-state index contributed by atoms with van der Waals surface area (Å²) in [6.07, 6.45) is 3.96. The van der Waals surface area contributed by atoms with Gasteiger partial charge in [-0.05, 0) is 55.3 Å². The maximum absolute atomic E-state index is 12.7. The molecule has 30 heavy (non-hydrogen) atoms. The second-order valence-electron chi connectivity index (χ2n) is 7.06. The zero-order valence-electron chi connectivity index (χ0n) is 17.3. The molecule has 0 atom stereocenters. The molecule has 0 radical (unpaired) electrons. The molecule has 1 aliphatic rings. The number of halogens is 1. The number of hydrogen-bond donors (Lipinski definition) is 2. The minimum Gasteiger partial charge on any atom is -0.357 e. The highest BCUT2D eigenvalue weighted by Crippen LogP contribution is 2.21. The Morgan fingerprint density at radius 1 is 1.10 bits per heavy atom. The molecule has 3 rings (SSSR count). The van der Waals surface area contributed by atoms with Gasteiger partial charge in [-0.3, -0.25) is 0 Å². The summed E-state index contributed by atoms with van der Waals surface area (Å²) in [5.74, 6) is 0.772. The number of rotatable bonds is 8. The van der Waals surface area contributed by atoms with E-state index in [9.17, 15) is 8.42 Å². The largest absolute Gasteiger partial charge is 0.357 e. The SMILES string of the molecule is CCNC(=NCc1ccc(S(=O)(=O)N2CCCCC2)cc1)NCCc1cccs1.I. The number of thiophene rings is 1. The first-order chi connectivity index (χ1) is 14.1. The van der Waals surface area contributed by atoms with Crippen LogP contribution in [0.5, 0.6) is 0 Å². The van der Waals surface area contributed by atoms with Crippen LogP contribution in [0.1, 0.15) is 36.6 Å². The molecule has 1 aromatic heterocycles. The molecule has 1 aliphatic heterocycles. The van der Waals surface area contributed by atoms with Gasteiger partial charge in [-0.1, -0.05) is 24.6 Å². The highest BCUT2D eigenvalue weighted by molar-refractivity contribution is 14.0. The van der Waals surface area contributed by atoms with Crippen molar-refractivity contribution < 1.29 is 8.42 Å². The maximum Gasteiger partial charge on any atom is 0.243 e. The Hall–Kier alpha value is -1.17. The first-order valence-electron chi connectivity index (χ1n) is 10.2. The van der Waals surface area contributed by atoms with Gasteiger partial charge < -0.3 is 10.6 Å². The Morgan fingerprint density at radius 3 is 2.47 bits per heavy atom. The molecule has 1 saturated heterocycles. The average molecular weight is 563 g/mol. The van der Waals surface area contributed by atoms with Crippen LogP contribution in [0.15, 0.2) is 51.7 Å². The molecule has 1 fully saturated rings. The van der Waals surface area contributed by atoms with Crippen molar-refractivity contribution in [3.8, 4) is 0 Å². The van der Waals surface area contributed by atoms with Gasteiger partial charge in [-0.15, -0.1) is 35.3 Å². The summed E-state index contributed by atoms with van der Waals surface area (Å²) in [6, 6.07) is 11.3. The number of nitrogens with zero attached hydrogens (tertiary/aromatic N) is 2. The molecule has 2 heterocycles. The lowest BCUT2D eigenvalue weighted by atomic mass is 10.2. The van der Waals surface area contributed by atoms with Gasteiger partial charge in [0, 0.05) is 31.1 Å². The van der Waals surface area contributed by atoms with E-state index in [-0.39, 0.29) is 24.0 Å².